The first kappa shape index (κ1) is 18.1. The molecule has 0 N–H and O–H groups in total. The molecular weight excluding hydrogens is 441 g/mol. The van der Waals surface area contributed by atoms with Crippen molar-refractivity contribution in [1.82, 2.24) is 4.90 Å². The summed E-state index contributed by atoms with van der Waals surface area (Å²) < 4.78 is 18.6. The van der Waals surface area contributed by atoms with Crippen molar-refractivity contribution in [3.05, 3.63) is 56.2 Å². The molecule has 4 nitrogen and oxygen atoms in total. The van der Waals surface area contributed by atoms with Crippen LogP contribution in [0.3, 0.4) is 0 Å². The fraction of sp³-hybridized carbons (Fsp3) is 0.429. The van der Waals surface area contributed by atoms with Gasteiger partial charge < -0.3 is 19.1 Å². The summed E-state index contributed by atoms with van der Waals surface area (Å²) in [5, 5.41) is 0. The maximum Gasteiger partial charge on any atom is 0.132 e. The molecule has 0 amide bonds. The fourth-order valence-corrected chi connectivity index (χ4v) is 4.88. The minimum atomic E-state index is 0.0529. The molecule has 2 atom stereocenters. The normalized spacial score (nSPS) is 22.3. The van der Waals surface area contributed by atoms with E-state index in [-0.39, 0.29) is 12.0 Å². The predicted molar refractivity (Wildman–Crippen MR) is 110 cm³/mol. The summed E-state index contributed by atoms with van der Waals surface area (Å²) in [4.78, 5) is 2.35. The molecule has 4 rings (SSSR count). The van der Waals surface area contributed by atoms with Crippen LogP contribution in [0.4, 0.5) is 0 Å². The smallest absolute Gasteiger partial charge is 0.132 e. The Morgan fingerprint density at radius 2 is 1.96 bits per heavy atom. The van der Waals surface area contributed by atoms with Crippen LogP contribution in [-0.2, 0) is 11.2 Å². The summed E-state index contributed by atoms with van der Waals surface area (Å²) in [6, 6.07) is 11.0. The van der Waals surface area contributed by atoms with E-state index in [9.17, 15) is 0 Å². The summed E-state index contributed by atoms with van der Waals surface area (Å²) in [5.41, 5.74) is 5.12. The molecule has 0 bridgehead atoms. The zero-order chi connectivity index (χ0) is 18.3. The first-order valence-electron chi connectivity index (χ1n) is 8.95. The highest BCUT2D eigenvalue weighted by atomic mass is 127. The van der Waals surface area contributed by atoms with Crippen LogP contribution in [0.25, 0.3) is 0 Å². The van der Waals surface area contributed by atoms with E-state index in [1.807, 2.05) is 0 Å². The maximum atomic E-state index is 6.02. The summed E-state index contributed by atoms with van der Waals surface area (Å²) in [7, 11) is 5.69. The Hall–Kier alpha value is -1.31. The summed E-state index contributed by atoms with van der Waals surface area (Å²) in [6.07, 6.45) is 1.05. The van der Waals surface area contributed by atoms with Gasteiger partial charge in [-0.3, -0.25) is 0 Å². The molecule has 0 aromatic heterocycles. The molecule has 138 valence electrons. The van der Waals surface area contributed by atoms with Crippen LogP contribution in [0.5, 0.6) is 11.5 Å². The highest BCUT2D eigenvalue weighted by molar-refractivity contribution is 14.1. The van der Waals surface area contributed by atoms with Gasteiger partial charge in [0.05, 0.1) is 23.4 Å². The highest BCUT2D eigenvalue weighted by Crippen LogP contribution is 2.43. The first-order chi connectivity index (χ1) is 12.6. The van der Waals surface area contributed by atoms with Crippen LogP contribution in [0.1, 0.15) is 34.3 Å². The van der Waals surface area contributed by atoms with Crippen molar-refractivity contribution in [1.29, 1.82) is 0 Å². The first-order valence-corrected chi connectivity index (χ1v) is 10.0. The van der Waals surface area contributed by atoms with Gasteiger partial charge in [-0.15, -0.1) is 0 Å². The van der Waals surface area contributed by atoms with Gasteiger partial charge in [0.15, 0.2) is 0 Å². The number of hydrogen-bond donors (Lipinski definition) is 0. The molecule has 2 aromatic rings. The molecular formula is C21H24INO3. The second-order valence-corrected chi connectivity index (χ2v) is 8.21. The lowest BCUT2D eigenvalue weighted by molar-refractivity contribution is 0.0757. The van der Waals surface area contributed by atoms with Crippen molar-refractivity contribution < 1.29 is 14.2 Å². The van der Waals surface area contributed by atoms with Crippen molar-refractivity contribution in [2.75, 3.05) is 41.0 Å². The predicted octanol–water partition coefficient (Wildman–Crippen LogP) is 4.00. The van der Waals surface area contributed by atoms with E-state index in [4.69, 9.17) is 14.2 Å². The highest BCUT2D eigenvalue weighted by Gasteiger charge is 2.32. The topological polar surface area (TPSA) is 30.9 Å². The standard InChI is InChI=1S/C21H24INO3/c1-23-11-17(14-6-4-5-13-7-8-26-21(13)14)15-10-19(24-2)18(22)9-16(15)20(12-23)25-3/h4-6,9-10,17,20H,7-8,11-12H2,1-3H3. The largest absolute Gasteiger partial charge is 0.496 e. The van der Waals surface area contributed by atoms with Crippen molar-refractivity contribution in [2.24, 2.45) is 0 Å². The van der Waals surface area contributed by atoms with E-state index in [0.29, 0.717) is 0 Å². The number of benzene rings is 2. The van der Waals surface area contributed by atoms with Crippen LogP contribution >= 0.6 is 22.6 Å². The van der Waals surface area contributed by atoms with E-state index in [0.717, 1.165) is 41.2 Å². The molecule has 0 saturated carbocycles. The molecule has 2 heterocycles. The second kappa shape index (κ2) is 7.37. The number of fused-ring (bicyclic) bond motifs is 2. The van der Waals surface area contributed by atoms with E-state index in [1.54, 1.807) is 14.2 Å². The molecule has 0 fully saturated rings. The average Bonchev–Trinajstić information content (AvgIpc) is 3.08. The van der Waals surface area contributed by atoms with E-state index in [2.05, 4.69) is 64.9 Å². The second-order valence-electron chi connectivity index (χ2n) is 7.05. The number of rotatable bonds is 3. The van der Waals surface area contributed by atoms with Gasteiger partial charge in [0.1, 0.15) is 11.5 Å². The fourth-order valence-electron chi connectivity index (χ4n) is 4.17. The Bertz CT molecular complexity index is 823. The Balaban J connectivity index is 1.91. The molecule has 2 aromatic carbocycles. The van der Waals surface area contributed by atoms with Crippen molar-refractivity contribution in [3.63, 3.8) is 0 Å². The van der Waals surface area contributed by atoms with Crippen molar-refractivity contribution in [2.45, 2.75) is 18.4 Å². The van der Waals surface area contributed by atoms with Crippen molar-refractivity contribution in [3.8, 4) is 11.5 Å². The SMILES string of the molecule is COc1cc2c(cc1I)C(OC)CN(C)CC2c1cccc2c1OCC2. The lowest BCUT2D eigenvalue weighted by Crippen LogP contribution is -2.26. The van der Waals surface area contributed by atoms with Gasteiger partial charge in [-0.05, 0) is 58.5 Å². The Kier molecular flexibility index (Phi) is 5.12. The minimum absolute atomic E-state index is 0.0529. The van der Waals surface area contributed by atoms with Gasteiger partial charge in [0.2, 0.25) is 0 Å². The monoisotopic (exact) mass is 465 g/mol. The number of para-hydroxylation sites is 1. The lowest BCUT2D eigenvalue weighted by atomic mass is 9.86. The van der Waals surface area contributed by atoms with Gasteiger partial charge in [0, 0.05) is 38.1 Å². The molecule has 0 spiro atoms. The van der Waals surface area contributed by atoms with Crippen LogP contribution in [0, 0.1) is 3.57 Å². The van der Waals surface area contributed by atoms with Gasteiger partial charge in [-0.1, -0.05) is 18.2 Å². The van der Waals surface area contributed by atoms with Gasteiger partial charge in [-0.25, -0.2) is 0 Å². The maximum absolute atomic E-state index is 6.02. The molecule has 26 heavy (non-hydrogen) atoms. The zero-order valence-corrected chi connectivity index (χ0v) is 17.6. The van der Waals surface area contributed by atoms with Crippen LogP contribution in [0.2, 0.25) is 0 Å². The average molecular weight is 465 g/mol. The number of halogens is 1. The van der Waals surface area contributed by atoms with Gasteiger partial charge in [-0.2, -0.15) is 0 Å². The number of methoxy groups -OCH3 is 2. The molecule has 5 heteroatoms. The molecule has 0 radical (unpaired) electrons. The number of hydrogen-bond acceptors (Lipinski definition) is 4. The molecule has 0 aliphatic carbocycles. The molecule has 2 unspecified atom stereocenters. The molecule has 0 saturated heterocycles. The van der Waals surface area contributed by atoms with Crippen LogP contribution in [0.15, 0.2) is 30.3 Å². The Labute approximate surface area is 168 Å². The summed E-state index contributed by atoms with van der Waals surface area (Å²) >= 11 is 2.34. The lowest BCUT2D eigenvalue weighted by Gasteiger charge is -2.24. The van der Waals surface area contributed by atoms with Crippen LogP contribution < -0.4 is 9.47 Å². The summed E-state index contributed by atoms with van der Waals surface area (Å²) in [5.74, 6) is 2.22. The van der Waals surface area contributed by atoms with Crippen molar-refractivity contribution >= 4 is 22.6 Å². The number of nitrogens with zero attached hydrogens (tertiary/aromatic N) is 1. The zero-order valence-electron chi connectivity index (χ0n) is 15.4. The third kappa shape index (κ3) is 3.10. The van der Waals surface area contributed by atoms with Crippen LogP contribution in [-0.4, -0.2) is 45.9 Å². The van der Waals surface area contributed by atoms with Gasteiger partial charge in [0.25, 0.3) is 0 Å². The van der Waals surface area contributed by atoms with E-state index in [1.165, 1.54) is 22.3 Å². The quantitative estimate of drug-likeness (QED) is 0.642. The minimum Gasteiger partial charge on any atom is -0.496 e. The van der Waals surface area contributed by atoms with E-state index >= 15 is 0 Å². The third-order valence-corrected chi connectivity index (χ3v) is 6.30. The Morgan fingerprint density at radius 3 is 2.73 bits per heavy atom. The summed E-state index contributed by atoms with van der Waals surface area (Å²) in [6.45, 7) is 2.58. The number of likely N-dealkylation sites (N-methyl/N-ethyl adjacent to an activating group) is 1. The van der Waals surface area contributed by atoms with E-state index < -0.39 is 0 Å². The Morgan fingerprint density at radius 1 is 1.12 bits per heavy atom. The molecule has 2 aliphatic heterocycles. The molecule has 2 aliphatic rings. The van der Waals surface area contributed by atoms with Gasteiger partial charge >= 0.3 is 0 Å². The number of ether oxygens (including phenoxy) is 3. The third-order valence-electron chi connectivity index (χ3n) is 5.46.